The number of rotatable bonds is 5. The Bertz CT molecular complexity index is 1190. The monoisotopic (exact) mass is 386 g/mol. The Labute approximate surface area is 166 Å². The van der Waals surface area contributed by atoms with E-state index in [0.717, 1.165) is 16.0 Å². The summed E-state index contributed by atoms with van der Waals surface area (Å²) >= 11 is 1.49. The van der Waals surface area contributed by atoms with Crippen molar-refractivity contribution in [1.82, 2.24) is 4.57 Å². The molecule has 4 nitrogen and oxygen atoms in total. The molecular formula is C23H18N2O2S. The van der Waals surface area contributed by atoms with Crippen LogP contribution >= 0.6 is 11.3 Å². The topological polar surface area (TPSA) is 43.6 Å². The van der Waals surface area contributed by atoms with Gasteiger partial charge in [-0.1, -0.05) is 47.7 Å². The number of fused-ring (bicyclic) bond motifs is 1. The molecule has 0 atom stereocenters. The molecule has 138 valence electrons. The summed E-state index contributed by atoms with van der Waals surface area (Å²) in [7, 11) is 0. The van der Waals surface area contributed by atoms with Gasteiger partial charge in [-0.05, 0) is 48.5 Å². The lowest BCUT2D eigenvalue weighted by atomic mass is 10.2. The van der Waals surface area contributed by atoms with Gasteiger partial charge in [-0.25, -0.2) is 0 Å². The van der Waals surface area contributed by atoms with Gasteiger partial charge in [0.15, 0.2) is 4.80 Å². The van der Waals surface area contributed by atoms with Crippen molar-refractivity contribution in [3.8, 4) is 11.5 Å². The first kappa shape index (κ1) is 17.9. The van der Waals surface area contributed by atoms with Crippen LogP contribution in [0.15, 0.2) is 96.5 Å². The lowest BCUT2D eigenvalue weighted by Crippen LogP contribution is -2.16. The van der Waals surface area contributed by atoms with Crippen molar-refractivity contribution in [3.05, 3.63) is 102 Å². The number of ether oxygens (including phenoxy) is 1. The van der Waals surface area contributed by atoms with E-state index in [1.54, 1.807) is 30.3 Å². The summed E-state index contributed by atoms with van der Waals surface area (Å²) in [5.41, 5.74) is 1.56. The van der Waals surface area contributed by atoms with Crippen LogP contribution in [0.25, 0.3) is 10.2 Å². The third-order valence-corrected chi connectivity index (χ3v) is 5.24. The highest BCUT2D eigenvalue weighted by atomic mass is 32.1. The highest BCUT2D eigenvalue weighted by Crippen LogP contribution is 2.21. The fraction of sp³-hybridized carbons (Fsp3) is 0.0435. The first-order valence-electron chi connectivity index (χ1n) is 8.86. The summed E-state index contributed by atoms with van der Waals surface area (Å²) in [5, 5.41) is 0. The second-order valence-corrected chi connectivity index (χ2v) is 7.12. The predicted octanol–water partition coefficient (Wildman–Crippen LogP) is 5.42. The molecule has 0 aliphatic carbocycles. The predicted molar refractivity (Wildman–Crippen MR) is 113 cm³/mol. The Kier molecular flexibility index (Phi) is 5.17. The van der Waals surface area contributed by atoms with E-state index in [1.165, 1.54) is 11.3 Å². The van der Waals surface area contributed by atoms with Gasteiger partial charge in [-0.2, -0.15) is 4.99 Å². The Hall–Kier alpha value is -3.44. The average molecular weight is 386 g/mol. The number of thiazole rings is 1. The number of para-hydroxylation sites is 2. The van der Waals surface area contributed by atoms with E-state index >= 15 is 0 Å². The van der Waals surface area contributed by atoms with Crippen molar-refractivity contribution in [2.75, 3.05) is 0 Å². The third kappa shape index (κ3) is 3.80. The number of benzene rings is 3. The summed E-state index contributed by atoms with van der Waals surface area (Å²) in [5.74, 6) is 1.14. The van der Waals surface area contributed by atoms with E-state index in [-0.39, 0.29) is 5.91 Å². The second-order valence-electron chi connectivity index (χ2n) is 6.11. The number of carbonyl (C=O) groups excluding carboxylic acids is 1. The molecule has 0 radical (unpaired) electrons. The van der Waals surface area contributed by atoms with Crippen LogP contribution in [0.1, 0.15) is 10.4 Å². The molecule has 0 aliphatic rings. The molecule has 3 aromatic carbocycles. The number of hydrogen-bond donors (Lipinski definition) is 0. The minimum atomic E-state index is -0.282. The average Bonchev–Trinajstić information content (AvgIpc) is 3.07. The van der Waals surface area contributed by atoms with Crippen molar-refractivity contribution in [1.29, 1.82) is 0 Å². The maximum Gasteiger partial charge on any atom is 0.279 e. The fourth-order valence-corrected chi connectivity index (χ4v) is 3.89. The molecule has 1 amide bonds. The summed E-state index contributed by atoms with van der Waals surface area (Å²) in [4.78, 5) is 17.7. The molecular weight excluding hydrogens is 368 g/mol. The van der Waals surface area contributed by atoms with Crippen molar-refractivity contribution in [2.45, 2.75) is 6.54 Å². The SMILES string of the molecule is C=CCn1c(=NC(=O)c2ccc(Oc3ccccc3)cc2)sc2ccccc21. The summed E-state index contributed by atoms with van der Waals surface area (Å²) in [6, 6.07) is 24.5. The lowest BCUT2D eigenvalue weighted by Gasteiger charge is -2.05. The van der Waals surface area contributed by atoms with Gasteiger partial charge in [0.25, 0.3) is 5.91 Å². The molecule has 0 saturated carbocycles. The van der Waals surface area contributed by atoms with Crippen molar-refractivity contribution < 1.29 is 9.53 Å². The zero-order chi connectivity index (χ0) is 19.3. The maximum absolute atomic E-state index is 12.7. The number of hydrogen-bond acceptors (Lipinski definition) is 3. The zero-order valence-electron chi connectivity index (χ0n) is 15.1. The van der Waals surface area contributed by atoms with Crippen LogP contribution in [0.4, 0.5) is 0 Å². The normalized spacial score (nSPS) is 11.5. The Morgan fingerprint density at radius 1 is 0.964 bits per heavy atom. The van der Waals surface area contributed by atoms with Gasteiger partial charge < -0.3 is 9.30 Å². The van der Waals surface area contributed by atoms with Crippen LogP contribution in [0, 0.1) is 0 Å². The first-order valence-corrected chi connectivity index (χ1v) is 9.67. The second kappa shape index (κ2) is 8.06. The molecule has 0 spiro atoms. The molecule has 0 saturated heterocycles. The summed E-state index contributed by atoms with van der Waals surface area (Å²) in [6.07, 6.45) is 1.80. The van der Waals surface area contributed by atoms with E-state index in [4.69, 9.17) is 4.74 Å². The number of allylic oxidation sites excluding steroid dienone is 1. The molecule has 0 bridgehead atoms. The van der Waals surface area contributed by atoms with Crippen molar-refractivity contribution >= 4 is 27.5 Å². The molecule has 4 rings (SSSR count). The van der Waals surface area contributed by atoms with Gasteiger partial charge in [0, 0.05) is 12.1 Å². The van der Waals surface area contributed by atoms with Crippen LogP contribution in [-0.4, -0.2) is 10.5 Å². The zero-order valence-corrected chi connectivity index (χ0v) is 15.9. The van der Waals surface area contributed by atoms with Crippen LogP contribution in [-0.2, 0) is 6.54 Å². The van der Waals surface area contributed by atoms with Crippen LogP contribution in [0.2, 0.25) is 0 Å². The highest BCUT2D eigenvalue weighted by molar-refractivity contribution is 7.16. The summed E-state index contributed by atoms with van der Waals surface area (Å²) in [6.45, 7) is 4.41. The molecule has 0 aliphatic heterocycles. The quantitative estimate of drug-likeness (QED) is 0.430. The van der Waals surface area contributed by atoms with Crippen molar-refractivity contribution in [3.63, 3.8) is 0 Å². The Balaban J connectivity index is 1.62. The number of nitrogens with zero attached hydrogens (tertiary/aromatic N) is 2. The molecule has 0 N–H and O–H groups in total. The fourth-order valence-electron chi connectivity index (χ4n) is 2.85. The smallest absolute Gasteiger partial charge is 0.279 e. The minimum Gasteiger partial charge on any atom is -0.457 e. The minimum absolute atomic E-state index is 0.282. The number of amides is 1. The molecule has 5 heteroatoms. The molecule has 0 fully saturated rings. The van der Waals surface area contributed by atoms with Crippen LogP contribution in [0.5, 0.6) is 11.5 Å². The lowest BCUT2D eigenvalue weighted by molar-refractivity contribution is 0.0998. The van der Waals surface area contributed by atoms with Gasteiger partial charge in [-0.15, -0.1) is 6.58 Å². The van der Waals surface area contributed by atoms with Gasteiger partial charge in [0.1, 0.15) is 11.5 Å². The Morgan fingerprint density at radius 2 is 1.64 bits per heavy atom. The standard InChI is InChI=1S/C23H18N2O2S/c1-2-16-25-20-10-6-7-11-21(20)28-23(25)24-22(26)17-12-14-19(15-13-17)27-18-8-4-3-5-9-18/h2-15H,1,16H2. The van der Waals surface area contributed by atoms with Crippen molar-refractivity contribution in [2.24, 2.45) is 4.99 Å². The van der Waals surface area contributed by atoms with Crippen LogP contribution < -0.4 is 9.54 Å². The number of carbonyl (C=O) groups is 1. The highest BCUT2D eigenvalue weighted by Gasteiger charge is 2.09. The van der Waals surface area contributed by atoms with E-state index < -0.39 is 0 Å². The molecule has 0 unspecified atom stereocenters. The van der Waals surface area contributed by atoms with Gasteiger partial charge in [0.2, 0.25) is 0 Å². The van der Waals surface area contributed by atoms with Gasteiger partial charge in [-0.3, -0.25) is 4.79 Å². The largest absolute Gasteiger partial charge is 0.457 e. The van der Waals surface area contributed by atoms with E-state index in [0.29, 0.717) is 22.7 Å². The van der Waals surface area contributed by atoms with E-state index in [9.17, 15) is 4.79 Å². The van der Waals surface area contributed by atoms with Crippen LogP contribution in [0.3, 0.4) is 0 Å². The van der Waals surface area contributed by atoms with E-state index in [2.05, 4.69) is 11.6 Å². The first-order chi connectivity index (χ1) is 13.7. The number of aromatic nitrogens is 1. The van der Waals surface area contributed by atoms with E-state index in [1.807, 2.05) is 59.2 Å². The molecule has 28 heavy (non-hydrogen) atoms. The van der Waals surface area contributed by atoms with Gasteiger partial charge in [0.05, 0.1) is 10.2 Å². The maximum atomic E-state index is 12.7. The van der Waals surface area contributed by atoms with Gasteiger partial charge >= 0.3 is 0 Å². The third-order valence-electron chi connectivity index (χ3n) is 4.18. The molecule has 1 aromatic heterocycles. The Morgan fingerprint density at radius 3 is 2.39 bits per heavy atom. The summed E-state index contributed by atoms with van der Waals surface area (Å²) < 4.78 is 8.85. The molecule has 1 heterocycles. The molecule has 4 aromatic rings.